The molecular weight excluding hydrogens is 783 g/mol. The van der Waals surface area contributed by atoms with Crippen LogP contribution in [0.1, 0.15) is 160 Å². The highest BCUT2D eigenvalue weighted by atomic mass is 31.2. The van der Waals surface area contributed by atoms with Crippen LogP contribution < -0.4 is 14.9 Å². The van der Waals surface area contributed by atoms with Crippen LogP contribution in [-0.4, -0.2) is 89.6 Å². The van der Waals surface area contributed by atoms with Gasteiger partial charge in [0.25, 0.3) is 7.82 Å². The van der Waals surface area contributed by atoms with E-state index in [-0.39, 0.29) is 37.9 Å². The number of phosphoric acid groups is 1. The Balaban J connectivity index is 1.67. The summed E-state index contributed by atoms with van der Waals surface area (Å²) >= 11 is 0. The van der Waals surface area contributed by atoms with Gasteiger partial charge in [0.05, 0.1) is 40.8 Å². The first-order valence-corrected chi connectivity index (χ1v) is 24.3. The zero-order valence-electron chi connectivity index (χ0n) is 38.0. The molecule has 2 aromatic carbocycles. The molecule has 0 saturated carbocycles. The molecule has 13 heteroatoms. The van der Waals surface area contributed by atoms with Crippen LogP contribution in [0.4, 0.5) is 0 Å². The molecule has 60 heavy (non-hydrogen) atoms. The number of unbranched alkanes of at least 4 members (excludes halogenated alkanes) is 17. The second-order valence-corrected chi connectivity index (χ2v) is 18.6. The SMILES string of the molecule is CCCCCCCCCCCCCCCCCC(=O)OCC(COP(=O)([O-])OCC[N+](C)(C)C)OC(=O)CCCCCCNC(=O)C(C)c1ccc2cc(OC)ccc2c1. The fourth-order valence-electron chi connectivity index (χ4n) is 6.80. The van der Waals surface area contributed by atoms with E-state index in [1.807, 2.05) is 64.5 Å². The highest BCUT2D eigenvalue weighted by Gasteiger charge is 2.22. The molecule has 2 aromatic rings. The summed E-state index contributed by atoms with van der Waals surface area (Å²) in [5, 5.41) is 5.11. The van der Waals surface area contributed by atoms with Crippen LogP contribution in [0, 0.1) is 0 Å². The lowest BCUT2D eigenvalue weighted by molar-refractivity contribution is -0.870. The predicted molar refractivity (Wildman–Crippen MR) is 238 cm³/mol. The van der Waals surface area contributed by atoms with Crippen molar-refractivity contribution in [3.8, 4) is 5.75 Å². The van der Waals surface area contributed by atoms with E-state index in [1.54, 1.807) is 7.11 Å². The van der Waals surface area contributed by atoms with E-state index in [4.69, 9.17) is 23.3 Å². The number of hydrogen-bond acceptors (Lipinski definition) is 10. The van der Waals surface area contributed by atoms with E-state index in [2.05, 4.69) is 12.2 Å². The number of esters is 2. The Morgan fingerprint density at radius 2 is 1.23 bits per heavy atom. The number of nitrogens with zero attached hydrogens (tertiary/aromatic N) is 1. The average Bonchev–Trinajstić information content (AvgIpc) is 3.21. The van der Waals surface area contributed by atoms with E-state index in [9.17, 15) is 23.8 Å². The number of carbonyl (C=O) groups is 3. The molecule has 3 atom stereocenters. The van der Waals surface area contributed by atoms with E-state index < -0.39 is 32.5 Å². The lowest BCUT2D eigenvalue weighted by Crippen LogP contribution is -2.37. The van der Waals surface area contributed by atoms with E-state index >= 15 is 0 Å². The molecule has 0 bridgehead atoms. The topological polar surface area (TPSA) is 150 Å². The van der Waals surface area contributed by atoms with Crippen LogP contribution in [0.2, 0.25) is 0 Å². The monoisotopic (exact) mass is 863 g/mol. The Bertz CT molecular complexity index is 1550. The van der Waals surface area contributed by atoms with Crippen LogP contribution in [0.3, 0.4) is 0 Å². The molecular formula is C47H79N2O10P. The Labute approximate surface area is 362 Å². The van der Waals surface area contributed by atoms with Crippen molar-refractivity contribution < 1.29 is 51.6 Å². The van der Waals surface area contributed by atoms with Crippen molar-refractivity contribution in [3.05, 3.63) is 42.0 Å². The van der Waals surface area contributed by atoms with Crippen LogP contribution in [0.15, 0.2) is 36.4 Å². The van der Waals surface area contributed by atoms with Crippen molar-refractivity contribution in [2.24, 2.45) is 0 Å². The maximum absolute atomic E-state index is 12.8. The third-order valence-corrected chi connectivity index (χ3v) is 11.7. The largest absolute Gasteiger partial charge is 0.756 e. The number of quaternary nitrogens is 1. The highest BCUT2D eigenvalue weighted by molar-refractivity contribution is 7.45. The molecule has 0 aliphatic heterocycles. The summed E-state index contributed by atoms with van der Waals surface area (Å²) in [6.45, 7) is 4.22. The van der Waals surface area contributed by atoms with Gasteiger partial charge in [-0.2, -0.15) is 0 Å². The number of nitrogens with one attached hydrogen (secondary N) is 1. The maximum Gasteiger partial charge on any atom is 0.306 e. The molecule has 0 aliphatic rings. The smallest absolute Gasteiger partial charge is 0.306 e. The molecule has 342 valence electrons. The Hall–Kier alpha value is -3.02. The van der Waals surface area contributed by atoms with E-state index in [0.29, 0.717) is 30.4 Å². The molecule has 0 aliphatic carbocycles. The van der Waals surface area contributed by atoms with Crippen molar-refractivity contribution >= 4 is 36.4 Å². The number of hydrogen-bond donors (Lipinski definition) is 1. The molecule has 1 amide bonds. The fraction of sp³-hybridized carbons (Fsp3) is 0.723. The van der Waals surface area contributed by atoms with Crippen LogP contribution >= 0.6 is 7.82 Å². The summed E-state index contributed by atoms with van der Waals surface area (Å²) in [6.07, 6.45) is 20.5. The summed E-state index contributed by atoms with van der Waals surface area (Å²) in [5.41, 5.74) is 0.938. The quantitative estimate of drug-likeness (QED) is 0.0304. The lowest BCUT2D eigenvalue weighted by Gasteiger charge is -2.28. The Morgan fingerprint density at radius 1 is 0.700 bits per heavy atom. The average molecular weight is 863 g/mol. The second kappa shape index (κ2) is 30.9. The van der Waals surface area contributed by atoms with Crippen molar-refractivity contribution in [2.75, 3.05) is 61.2 Å². The number of rotatable bonds is 36. The number of methoxy groups -OCH3 is 1. The summed E-state index contributed by atoms with van der Waals surface area (Å²) in [6, 6.07) is 11.9. The highest BCUT2D eigenvalue weighted by Crippen LogP contribution is 2.38. The third-order valence-electron chi connectivity index (χ3n) is 10.7. The summed E-state index contributed by atoms with van der Waals surface area (Å²) < 4.78 is 39.2. The van der Waals surface area contributed by atoms with Gasteiger partial charge in [-0.1, -0.05) is 134 Å². The zero-order valence-corrected chi connectivity index (χ0v) is 38.9. The molecule has 12 nitrogen and oxygen atoms in total. The molecule has 0 spiro atoms. The Kier molecular flexibility index (Phi) is 27.4. The van der Waals surface area contributed by atoms with Crippen LogP contribution in [0.25, 0.3) is 10.8 Å². The summed E-state index contributed by atoms with van der Waals surface area (Å²) in [5.74, 6) is -0.520. The van der Waals surface area contributed by atoms with Gasteiger partial charge in [-0.25, -0.2) is 0 Å². The molecule has 1 N–H and O–H groups in total. The van der Waals surface area contributed by atoms with Gasteiger partial charge < -0.3 is 38.0 Å². The number of likely N-dealkylation sites (N-methyl/N-ethyl adjacent to an activating group) is 1. The van der Waals surface area contributed by atoms with Gasteiger partial charge in [0.2, 0.25) is 5.91 Å². The fourth-order valence-corrected chi connectivity index (χ4v) is 7.53. The minimum atomic E-state index is -4.68. The van der Waals surface area contributed by atoms with Crippen molar-refractivity contribution in [3.63, 3.8) is 0 Å². The van der Waals surface area contributed by atoms with Crippen molar-refractivity contribution in [2.45, 2.75) is 161 Å². The van der Waals surface area contributed by atoms with Gasteiger partial charge in [-0.15, -0.1) is 0 Å². The first kappa shape index (κ1) is 53.1. The number of phosphoric ester groups is 1. The number of amides is 1. The van der Waals surface area contributed by atoms with Gasteiger partial charge >= 0.3 is 11.9 Å². The van der Waals surface area contributed by atoms with Crippen molar-refractivity contribution in [1.82, 2.24) is 5.32 Å². The Morgan fingerprint density at radius 3 is 1.82 bits per heavy atom. The number of ether oxygens (including phenoxy) is 3. The van der Waals surface area contributed by atoms with Crippen molar-refractivity contribution in [1.29, 1.82) is 0 Å². The van der Waals surface area contributed by atoms with Gasteiger partial charge in [0.1, 0.15) is 25.5 Å². The maximum atomic E-state index is 12.8. The number of benzene rings is 2. The lowest BCUT2D eigenvalue weighted by atomic mass is 9.97. The zero-order chi connectivity index (χ0) is 44.1. The first-order chi connectivity index (χ1) is 28.7. The third kappa shape index (κ3) is 25.7. The van der Waals surface area contributed by atoms with Gasteiger partial charge in [-0.3, -0.25) is 18.9 Å². The van der Waals surface area contributed by atoms with Crippen LogP contribution in [0.5, 0.6) is 5.75 Å². The second-order valence-electron chi connectivity index (χ2n) is 17.2. The molecule has 2 rings (SSSR count). The normalized spacial score (nSPS) is 13.7. The molecule has 0 radical (unpaired) electrons. The van der Waals surface area contributed by atoms with Gasteiger partial charge in [0.15, 0.2) is 6.10 Å². The van der Waals surface area contributed by atoms with Crippen LogP contribution in [-0.2, 0) is 37.5 Å². The minimum Gasteiger partial charge on any atom is -0.756 e. The summed E-state index contributed by atoms with van der Waals surface area (Å²) in [7, 11) is 2.69. The van der Waals surface area contributed by atoms with E-state index in [0.717, 1.165) is 60.6 Å². The molecule has 0 aromatic heterocycles. The number of carbonyl (C=O) groups excluding carboxylic acids is 3. The number of fused-ring (bicyclic) bond motifs is 1. The predicted octanol–water partition coefficient (Wildman–Crippen LogP) is 9.94. The standard InChI is InChI=1S/C47H79N2O10P/c1-7-8-9-10-11-12-13-14-15-16-17-18-19-20-23-26-45(50)56-37-44(38-58-60(53,54)57-34-33-49(3,4)5)59-46(51)27-24-21-22-25-32-48-47(52)39(2)40-28-29-42-36-43(55-6)31-30-41(42)35-40/h28-31,35-36,39,44H,7-27,32-34,37-38H2,1-6H3,(H-,48,52,53,54). The minimum absolute atomic E-state index is 0.0448. The summed E-state index contributed by atoms with van der Waals surface area (Å²) in [4.78, 5) is 50.6. The molecule has 0 heterocycles. The van der Waals surface area contributed by atoms with E-state index in [1.165, 1.54) is 70.6 Å². The molecule has 0 saturated heterocycles. The first-order valence-electron chi connectivity index (χ1n) is 22.8. The molecule has 0 fully saturated rings. The van der Waals surface area contributed by atoms with Gasteiger partial charge in [-0.05, 0) is 54.7 Å². The van der Waals surface area contributed by atoms with Gasteiger partial charge in [0, 0.05) is 19.4 Å². The molecule has 3 unspecified atom stereocenters.